The Labute approximate surface area is 128 Å². The minimum atomic E-state index is -3.36. The molecule has 1 aliphatic carbocycles. The Hall–Kier alpha value is -0.910. The molecule has 5 heteroatoms. The Morgan fingerprint density at radius 3 is 2.62 bits per heavy atom. The lowest BCUT2D eigenvalue weighted by Gasteiger charge is -2.21. The number of nitrogens with one attached hydrogen (secondary N) is 1. The summed E-state index contributed by atoms with van der Waals surface area (Å²) in [5, 5.41) is 3.32. The highest BCUT2D eigenvalue weighted by atomic mass is 32.2. The molecule has 1 aliphatic rings. The predicted molar refractivity (Wildman–Crippen MR) is 85.6 cm³/mol. The minimum Gasteiger partial charge on any atom is -0.310 e. The van der Waals surface area contributed by atoms with E-state index < -0.39 is 10.0 Å². The van der Waals surface area contributed by atoms with Crippen LogP contribution in [0.5, 0.6) is 0 Å². The zero-order chi connectivity index (χ0) is 15.5. The quantitative estimate of drug-likeness (QED) is 0.803. The van der Waals surface area contributed by atoms with Crippen LogP contribution in [-0.4, -0.2) is 31.4 Å². The van der Waals surface area contributed by atoms with Crippen molar-refractivity contribution in [3.05, 3.63) is 29.8 Å². The van der Waals surface area contributed by atoms with Crippen LogP contribution in [-0.2, 0) is 16.6 Å². The van der Waals surface area contributed by atoms with Crippen molar-refractivity contribution in [2.24, 2.45) is 0 Å². The Morgan fingerprint density at radius 1 is 1.33 bits per heavy atom. The first kappa shape index (κ1) is 16.5. The summed E-state index contributed by atoms with van der Waals surface area (Å²) >= 11 is 0. The van der Waals surface area contributed by atoms with E-state index in [9.17, 15) is 8.42 Å². The molecule has 0 aliphatic heterocycles. The first-order chi connectivity index (χ1) is 9.95. The normalized spacial score (nSPS) is 15.9. The predicted octanol–water partition coefficient (Wildman–Crippen LogP) is 2.75. The van der Waals surface area contributed by atoms with Crippen LogP contribution in [0.4, 0.5) is 0 Å². The molecule has 0 spiro atoms. The second kappa shape index (κ2) is 6.90. The molecule has 0 unspecified atom stereocenters. The molecule has 0 heterocycles. The van der Waals surface area contributed by atoms with E-state index >= 15 is 0 Å². The van der Waals surface area contributed by atoms with Crippen LogP contribution in [0, 0.1) is 0 Å². The van der Waals surface area contributed by atoms with Crippen molar-refractivity contribution in [2.75, 3.05) is 6.54 Å². The Bertz CT molecular complexity index is 565. The molecule has 1 fully saturated rings. The summed E-state index contributed by atoms with van der Waals surface area (Å²) in [4.78, 5) is 0.422. The average Bonchev–Trinajstić information content (AvgIpc) is 3.27. The van der Waals surface area contributed by atoms with E-state index in [1.807, 2.05) is 19.1 Å². The minimum absolute atomic E-state index is 0.215. The summed E-state index contributed by atoms with van der Waals surface area (Å²) in [6.07, 6.45) is 2.84. The molecular formula is C16H26N2O2S. The molecule has 4 nitrogen and oxygen atoms in total. The van der Waals surface area contributed by atoms with Gasteiger partial charge in [-0.3, -0.25) is 0 Å². The van der Waals surface area contributed by atoms with Crippen molar-refractivity contribution < 1.29 is 8.42 Å². The lowest BCUT2D eigenvalue weighted by atomic mass is 10.2. The zero-order valence-corrected chi connectivity index (χ0v) is 14.0. The van der Waals surface area contributed by atoms with Crippen LogP contribution in [0.1, 0.15) is 45.6 Å². The second-order valence-electron chi connectivity index (χ2n) is 6.03. The highest BCUT2D eigenvalue weighted by molar-refractivity contribution is 7.89. The van der Waals surface area contributed by atoms with E-state index in [4.69, 9.17) is 0 Å². The Kier molecular flexibility index (Phi) is 5.41. The van der Waals surface area contributed by atoms with Crippen LogP contribution >= 0.6 is 0 Å². The summed E-state index contributed by atoms with van der Waals surface area (Å²) in [7, 11) is -3.36. The fourth-order valence-electron chi connectivity index (χ4n) is 2.36. The third kappa shape index (κ3) is 4.28. The van der Waals surface area contributed by atoms with Crippen LogP contribution < -0.4 is 5.32 Å². The summed E-state index contributed by atoms with van der Waals surface area (Å²) < 4.78 is 27.3. The molecule has 2 rings (SSSR count). The van der Waals surface area contributed by atoms with Gasteiger partial charge < -0.3 is 5.32 Å². The molecule has 1 saturated carbocycles. The Balaban J connectivity index is 2.20. The third-order valence-electron chi connectivity index (χ3n) is 3.62. The summed E-state index contributed by atoms with van der Waals surface area (Å²) in [6.45, 7) is 7.49. The first-order valence-corrected chi connectivity index (χ1v) is 9.23. The molecule has 21 heavy (non-hydrogen) atoms. The van der Waals surface area contributed by atoms with Gasteiger partial charge in [0.2, 0.25) is 10.0 Å². The molecular weight excluding hydrogens is 284 g/mol. The van der Waals surface area contributed by atoms with Gasteiger partial charge in [-0.25, -0.2) is 8.42 Å². The van der Waals surface area contributed by atoms with Crippen LogP contribution in [0.2, 0.25) is 0 Å². The van der Waals surface area contributed by atoms with E-state index in [2.05, 4.69) is 19.2 Å². The highest BCUT2D eigenvalue weighted by Crippen LogP contribution is 2.32. The largest absolute Gasteiger partial charge is 0.310 e. The average molecular weight is 310 g/mol. The zero-order valence-electron chi connectivity index (χ0n) is 13.2. The molecule has 0 bridgehead atoms. The molecule has 1 aromatic carbocycles. The lowest BCUT2D eigenvalue weighted by Crippen LogP contribution is -2.34. The molecule has 118 valence electrons. The summed E-state index contributed by atoms with van der Waals surface area (Å²) in [5.74, 6) is 0. The van der Waals surface area contributed by atoms with E-state index in [1.54, 1.807) is 16.4 Å². The second-order valence-corrected chi connectivity index (χ2v) is 7.92. The highest BCUT2D eigenvalue weighted by Gasteiger charge is 2.37. The van der Waals surface area contributed by atoms with Crippen molar-refractivity contribution in [1.29, 1.82) is 0 Å². The van der Waals surface area contributed by atoms with Crippen molar-refractivity contribution in [3.8, 4) is 0 Å². The van der Waals surface area contributed by atoms with E-state index in [0.717, 1.165) is 24.8 Å². The van der Waals surface area contributed by atoms with E-state index in [-0.39, 0.29) is 6.04 Å². The number of nitrogens with zero attached hydrogens (tertiary/aromatic N) is 1. The maximum absolute atomic E-state index is 12.8. The van der Waals surface area contributed by atoms with Crippen molar-refractivity contribution in [1.82, 2.24) is 9.62 Å². The fourth-order valence-corrected chi connectivity index (χ4v) is 4.20. The number of hydrogen-bond acceptors (Lipinski definition) is 3. The fraction of sp³-hybridized carbons (Fsp3) is 0.625. The first-order valence-electron chi connectivity index (χ1n) is 7.79. The summed E-state index contributed by atoms with van der Waals surface area (Å²) in [6, 6.07) is 7.91. The topological polar surface area (TPSA) is 49.4 Å². The van der Waals surface area contributed by atoms with Gasteiger partial charge in [-0.05, 0) is 37.0 Å². The molecule has 0 amide bonds. The monoisotopic (exact) mass is 310 g/mol. The number of hydrogen-bond donors (Lipinski definition) is 1. The molecule has 1 N–H and O–H groups in total. The summed E-state index contributed by atoms with van der Waals surface area (Å²) in [5.41, 5.74) is 1.01. The molecule has 0 aromatic heterocycles. The van der Waals surface area contributed by atoms with Crippen LogP contribution in [0.15, 0.2) is 29.2 Å². The standard InChI is InChI=1S/C16H26N2O2S/c1-4-10-18(15-8-9-15)21(19,20)16-7-5-6-14(11-16)12-17-13(2)3/h5-7,11,13,15,17H,4,8-10,12H2,1-3H3. The van der Waals surface area contributed by atoms with Gasteiger partial charge in [0.15, 0.2) is 0 Å². The van der Waals surface area contributed by atoms with Crippen molar-refractivity contribution in [2.45, 2.75) is 63.6 Å². The number of rotatable bonds is 8. The van der Waals surface area contributed by atoms with Gasteiger partial charge in [-0.15, -0.1) is 0 Å². The van der Waals surface area contributed by atoms with Gasteiger partial charge >= 0.3 is 0 Å². The molecule has 1 aromatic rings. The maximum Gasteiger partial charge on any atom is 0.243 e. The van der Waals surface area contributed by atoms with Gasteiger partial charge in [-0.1, -0.05) is 32.9 Å². The smallest absolute Gasteiger partial charge is 0.243 e. The molecule has 0 atom stereocenters. The molecule has 0 saturated heterocycles. The van der Waals surface area contributed by atoms with E-state index in [1.165, 1.54) is 0 Å². The van der Waals surface area contributed by atoms with Crippen LogP contribution in [0.3, 0.4) is 0 Å². The number of sulfonamides is 1. The lowest BCUT2D eigenvalue weighted by molar-refractivity contribution is 0.403. The van der Waals surface area contributed by atoms with Crippen molar-refractivity contribution in [3.63, 3.8) is 0 Å². The molecule has 0 radical (unpaired) electrons. The van der Waals surface area contributed by atoms with Gasteiger partial charge in [0.1, 0.15) is 0 Å². The van der Waals surface area contributed by atoms with Gasteiger partial charge in [0.05, 0.1) is 4.90 Å². The van der Waals surface area contributed by atoms with E-state index in [0.29, 0.717) is 24.0 Å². The van der Waals surface area contributed by atoms with Gasteiger partial charge in [0.25, 0.3) is 0 Å². The maximum atomic E-state index is 12.8. The SMILES string of the molecule is CCCN(C1CC1)S(=O)(=O)c1cccc(CNC(C)C)c1. The van der Waals surface area contributed by atoms with Gasteiger partial charge in [0, 0.05) is 25.2 Å². The Morgan fingerprint density at radius 2 is 2.05 bits per heavy atom. The van der Waals surface area contributed by atoms with Crippen LogP contribution in [0.25, 0.3) is 0 Å². The van der Waals surface area contributed by atoms with Crippen molar-refractivity contribution >= 4 is 10.0 Å². The number of benzene rings is 1. The van der Waals surface area contributed by atoms with Gasteiger partial charge in [-0.2, -0.15) is 4.31 Å². The third-order valence-corrected chi connectivity index (χ3v) is 5.57.